The van der Waals surface area contributed by atoms with E-state index in [1.807, 2.05) is 0 Å². The zero-order valence-corrected chi connectivity index (χ0v) is 19.9. The van der Waals surface area contributed by atoms with Gasteiger partial charge in [-0.1, -0.05) is 74.2 Å². The first-order valence-electron chi connectivity index (χ1n) is 12.6. The van der Waals surface area contributed by atoms with Gasteiger partial charge in [0.1, 0.15) is 6.33 Å². The van der Waals surface area contributed by atoms with Crippen molar-refractivity contribution in [3.63, 3.8) is 0 Å². The molecule has 2 fully saturated rings. The number of hydrogen-bond donors (Lipinski definition) is 1. The number of benzene rings is 2. The van der Waals surface area contributed by atoms with Crippen LogP contribution in [0.1, 0.15) is 62.1 Å². The fourth-order valence-electron chi connectivity index (χ4n) is 5.50. The fraction of sp³-hybridized carbons (Fsp3) is 0.481. The van der Waals surface area contributed by atoms with Crippen molar-refractivity contribution < 1.29 is 4.79 Å². The average Bonchev–Trinajstić information content (AvgIpc) is 3.46. The number of hydrogen-bond acceptors (Lipinski definition) is 5. The van der Waals surface area contributed by atoms with Gasteiger partial charge in [-0.05, 0) is 58.9 Å². The Bertz CT molecular complexity index is 1070. The minimum Gasteiger partial charge on any atom is -0.352 e. The molecule has 1 aromatic heterocycles. The smallest absolute Gasteiger partial charge is 0.237 e. The minimum atomic E-state index is -0.173. The van der Waals surface area contributed by atoms with Crippen LogP contribution in [0.4, 0.5) is 0 Å². The van der Waals surface area contributed by atoms with Gasteiger partial charge in [0.05, 0.1) is 12.1 Å². The van der Waals surface area contributed by atoms with Crippen molar-refractivity contribution in [2.45, 2.75) is 76.5 Å². The van der Waals surface area contributed by atoms with E-state index < -0.39 is 0 Å². The van der Waals surface area contributed by atoms with Crippen molar-refractivity contribution in [1.82, 2.24) is 30.4 Å². The van der Waals surface area contributed by atoms with E-state index in [0.717, 1.165) is 32.4 Å². The number of carbonyl (C=O) groups excluding carboxylic acids is 1. The highest BCUT2D eigenvalue weighted by Gasteiger charge is 2.38. The maximum absolute atomic E-state index is 13.4. The molecule has 5 rings (SSSR count). The maximum Gasteiger partial charge on any atom is 0.237 e. The number of nitrogens with zero attached hydrogens (tertiary/aromatic N) is 5. The Labute approximate surface area is 201 Å². The van der Waals surface area contributed by atoms with Crippen LogP contribution in [0, 0.1) is 6.92 Å². The highest BCUT2D eigenvalue weighted by atomic mass is 16.2. The Hall–Kier alpha value is -3.06. The lowest BCUT2D eigenvalue weighted by atomic mass is 9.99. The average molecular weight is 459 g/mol. The predicted molar refractivity (Wildman–Crippen MR) is 132 cm³/mol. The second-order valence-corrected chi connectivity index (χ2v) is 9.83. The molecular weight excluding hydrogens is 424 g/mol. The molecule has 2 heterocycles. The number of likely N-dealkylation sites (tertiary alicyclic amines) is 1. The van der Waals surface area contributed by atoms with Crippen LogP contribution in [0.25, 0.3) is 11.1 Å². The lowest BCUT2D eigenvalue weighted by Gasteiger charge is -2.26. The summed E-state index contributed by atoms with van der Waals surface area (Å²) in [5.74, 6) is 0.152. The normalized spacial score (nSPS) is 21.9. The monoisotopic (exact) mass is 458 g/mol. The van der Waals surface area contributed by atoms with Crippen LogP contribution in [0.3, 0.4) is 0 Å². The molecule has 1 aliphatic heterocycles. The van der Waals surface area contributed by atoms with Gasteiger partial charge in [0.2, 0.25) is 5.91 Å². The number of rotatable bonds is 6. The highest BCUT2D eigenvalue weighted by Crippen LogP contribution is 2.30. The topological polar surface area (TPSA) is 75.9 Å². The molecule has 7 heteroatoms. The molecule has 3 aromatic rings. The number of amides is 1. The van der Waals surface area contributed by atoms with Gasteiger partial charge in [-0.15, -0.1) is 5.10 Å². The highest BCUT2D eigenvalue weighted by molar-refractivity contribution is 5.82. The predicted octanol–water partition coefficient (Wildman–Crippen LogP) is 4.30. The number of nitrogens with one attached hydrogen (secondary N) is 1. The molecule has 2 aliphatic rings. The van der Waals surface area contributed by atoms with Crippen LogP contribution < -0.4 is 5.32 Å². The molecule has 1 saturated carbocycles. The summed E-state index contributed by atoms with van der Waals surface area (Å²) in [4.78, 5) is 15.7. The van der Waals surface area contributed by atoms with Gasteiger partial charge in [-0.3, -0.25) is 9.69 Å². The van der Waals surface area contributed by atoms with Crippen LogP contribution in [0.2, 0.25) is 0 Å². The summed E-state index contributed by atoms with van der Waals surface area (Å²) in [5.41, 5.74) is 4.96. The molecule has 0 unspecified atom stereocenters. The van der Waals surface area contributed by atoms with Crippen LogP contribution >= 0.6 is 0 Å². The largest absolute Gasteiger partial charge is 0.352 e. The van der Waals surface area contributed by atoms with E-state index in [9.17, 15) is 4.79 Å². The summed E-state index contributed by atoms with van der Waals surface area (Å²) < 4.78 is 1.80. The summed E-state index contributed by atoms with van der Waals surface area (Å²) in [7, 11) is 0. The summed E-state index contributed by atoms with van der Waals surface area (Å²) in [5, 5.41) is 15.1. The second kappa shape index (κ2) is 10.5. The summed E-state index contributed by atoms with van der Waals surface area (Å²) >= 11 is 0. The molecule has 1 amide bonds. The standard InChI is InChI=1S/C27H34N6O/c1-20-8-6-7-11-25(20)22-14-12-21(13-15-22)17-32-18-24(33-19-28-30-31-33)16-26(32)27(34)29-23-9-4-2-3-5-10-23/h6-8,11-15,19,23-24,26H,2-5,9-10,16-18H2,1H3,(H,29,34)/t24-,26+/m1/s1. The molecule has 2 aromatic carbocycles. The van der Waals surface area contributed by atoms with Crippen molar-refractivity contribution in [2.24, 2.45) is 0 Å². The second-order valence-electron chi connectivity index (χ2n) is 9.83. The molecule has 0 radical (unpaired) electrons. The van der Waals surface area contributed by atoms with Crippen molar-refractivity contribution in [1.29, 1.82) is 0 Å². The quantitative estimate of drug-likeness (QED) is 0.557. The van der Waals surface area contributed by atoms with E-state index in [1.165, 1.54) is 47.9 Å². The molecule has 7 nitrogen and oxygen atoms in total. The number of tetrazole rings is 1. The van der Waals surface area contributed by atoms with Gasteiger partial charge < -0.3 is 5.32 Å². The Morgan fingerprint density at radius 2 is 1.79 bits per heavy atom. The molecule has 0 bridgehead atoms. The van der Waals surface area contributed by atoms with Gasteiger partial charge in [-0.2, -0.15) is 0 Å². The van der Waals surface area contributed by atoms with Crippen molar-refractivity contribution in [3.05, 3.63) is 66.0 Å². The first-order valence-corrected chi connectivity index (χ1v) is 12.6. The SMILES string of the molecule is Cc1ccccc1-c1ccc(CN2C[C@H](n3cnnn3)C[C@H]2C(=O)NC2CCCCCC2)cc1. The van der Waals surface area contributed by atoms with E-state index in [-0.39, 0.29) is 18.0 Å². The number of aryl methyl sites for hydroxylation is 1. The van der Waals surface area contributed by atoms with Crippen LogP contribution in [-0.2, 0) is 11.3 Å². The zero-order chi connectivity index (χ0) is 23.3. The Morgan fingerprint density at radius 1 is 1.03 bits per heavy atom. The maximum atomic E-state index is 13.4. The van der Waals surface area contributed by atoms with E-state index in [2.05, 4.69) is 81.2 Å². The Balaban J connectivity index is 1.31. The first kappa shape index (κ1) is 22.7. The van der Waals surface area contributed by atoms with Crippen LogP contribution in [0.15, 0.2) is 54.9 Å². The van der Waals surface area contributed by atoms with E-state index in [4.69, 9.17) is 0 Å². The molecule has 2 atom stereocenters. The van der Waals surface area contributed by atoms with E-state index in [1.54, 1.807) is 11.0 Å². The van der Waals surface area contributed by atoms with Gasteiger partial charge in [0.15, 0.2) is 0 Å². The summed E-state index contributed by atoms with van der Waals surface area (Å²) in [6, 6.07) is 17.4. The molecule has 34 heavy (non-hydrogen) atoms. The molecular formula is C27H34N6O. The molecule has 0 spiro atoms. The number of carbonyl (C=O) groups is 1. The van der Waals surface area contributed by atoms with Crippen LogP contribution in [0.5, 0.6) is 0 Å². The Morgan fingerprint density at radius 3 is 2.50 bits per heavy atom. The minimum absolute atomic E-state index is 0.103. The third-order valence-electron chi connectivity index (χ3n) is 7.42. The van der Waals surface area contributed by atoms with Crippen molar-refractivity contribution in [3.8, 4) is 11.1 Å². The molecule has 1 N–H and O–H groups in total. The third-order valence-corrected chi connectivity index (χ3v) is 7.42. The van der Waals surface area contributed by atoms with Gasteiger partial charge in [0.25, 0.3) is 0 Å². The molecule has 1 aliphatic carbocycles. The van der Waals surface area contributed by atoms with E-state index >= 15 is 0 Å². The van der Waals surface area contributed by atoms with Crippen LogP contribution in [-0.4, -0.2) is 49.6 Å². The number of aromatic nitrogens is 4. The van der Waals surface area contributed by atoms with Gasteiger partial charge >= 0.3 is 0 Å². The zero-order valence-electron chi connectivity index (χ0n) is 19.9. The van der Waals surface area contributed by atoms with Crippen molar-refractivity contribution >= 4 is 5.91 Å². The van der Waals surface area contributed by atoms with E-state index in [0.29, 0.717) is 6.04 Å². The Kier molecular flexibility index (Phi) is 7.00. The third kappa shape index (κ3) is 5.20. The summed E-state index contributed by atoms with van der Waals surface area (Å²) in [6.07, 6.45) is 9.55. The molecule has 178 valence electrons. The summed E-state index contributed by atoms with van der Waals surface area (Å²) in [6.45, 7) is 3.63. The lowest BCUT2D eigenvalue weighted by Crippen LogP contribution is -2.46. The lowest BCUT2D eigenvalue weighted by molar-refractivity contribution is -0.126. The van der Waals surface area contributed by atoms with Gasteiger partial charge in [-0.25, -0.2) is 4.68 Å². The van der Waals surface area contributed by atoms with Gasteiger partial charge in [0, 0.05) is 19.1 Å². The first-order chi connectivity index (χ1) is 16.7. The molecule has 1 saturated heterocycles. The van der Waals surface area contributed by atoms with Crippen molar-refractivity contribution in [2.75, 3.05) is 6.54 Å². The fourth-order valence-corrected chi connectivity index (χ4v) is 5.50.